The van der Waals surface area contributed by atoms with Crippen LogP contribution >= 0.6 is 0 Å². The first-order valence-electron chi connectivity index (χ1n) is 9.83. The Balaban J connectivity index is 1.51. The summed E-state index contributed by atoms with van der Waals surface area (Å²) in [6, 6.07) is 9.40. The van der Waals surface area contributed by atoms with Crippen molar-refractivity contribution in [2.45, 2.75) is 19.9 Å². The van der Waals surface area contributed by atoms with Gasteiger partial charge < -0.3 is 18.9 Å². The van der Waals surface area contributed by atoms with Crippen molar-refractivity contribution in [1.29, 1.82) is 0 Å². The van der Waals surface area contributed by atoms with Crippen LogP contribution in [0, 0.1) is 0 Å². The van der Waals surface area contributed by atoms with Gasteiger partial charge in [0.15, 0.2) is 0 Å². The van der Waals surface area contributed by atoms with E-state index < -0.39 is 0 Å². The molecule has 0 radical (unpaired) electrons. The molecule has 0 aliphatic carbocycles. The lowest BCUT2D eigenvalue weighted by Gasteiger charge is -2.26. The topological polar surface area (TPSA) is 78.1 Å². The van der Waals surface area contributed by atoms with Crippen LogP contribution in [0.5, 0.6) is 5.75 Å². The number of rotatable bonds is 6. The van der Waals surface area contributed by atoms with Gasteiger partial charge in [0.25, 0.3) is 5.56 Å². The third kappa shape index (κ3) is 4.17. The molecule has 3 aromatic rings. The number of fused-ring (bicyclic) bond motifs is 1. The molecular formula is C21H24N4O4. The predicted molar refractivity (Wildman–Crippen MR) is 108 cm³/mol. The van der Waals surface area contributed by atoms with E-state index >= 15 is 0 Å². The van der Waals surface area contributed by atoms with Gasteiger partial charge in [0.1, 0.15) is 11.3 Å². The third-order valence-electron chi connectivity index (χ3n) is 4.99. The van der Waals surface area contributed by atoms with E-state index in [0.717, 1.165) is 11.3 Å². The van der Waals surface area contributed by atoms with E-state index in [1.165, 1.54) is 0 Å². The highest BCUT2D eigenvalue weighted by Crippen LogP contribution is 2.21. The van der Waals surface area contributed by atoms with Gasteiger partial charge in [-0.25, -0.2) is 4.52 Å². The first kappa shape index (κ1) is 19.2. The van der Waals surface area contributed by atoms with Crippen molar-refractivity contribution in [2.24, 2.45) is 0 Å². The zero-order valence-electron chi connectivity index (χ0n) is 16.4. The van der Waals surface area contributed by atoms with Gasteiger partial charge in [0.05, 0.1) is 25.5 Å². The molecule has 2 aromatic heterocycles. The molecule has 152 valence electrons. The fourth-order valence-electron chi connectivity index (χ4n) is 3.42. The number of benzene rings is 1. The Hall–Kier alpha value is -3.13. The maximum atomic E-state index is 12.8. The number of aryl methyl sites for hydroxylation is 1. The molecule has 0 spiro atoms. The van der Waals surface area contributed by atoms with Gasteiger partial charge in [-0.05, 0) is 37.3 Å². The number of morpholine rings is 1. The molecule has 8 heteroatoms. The maximum absolute atomic E-state index is 12.8. The molecule has 3 heterocycles. The maximum Gasteiger partial charge on any atom is 0.276 e. The highest BCUT2D eigenvalue weighted by Gasteiger charge is 2.17. The molecule has 0 N–H and O–H groups in total. The minimum absolute atomic E-state index is 0.0451. The molecule has 1 amide bonds. The molecule has 1 aliphatic heterocycles. The molecule has 29 heavy (non-hydrogen) atoms. The van der Waals surface area contributed by atoms with Crippen LogP contribution in [-0.2, 0) is 16.1 Å². The number of ether oxygens (including phenoxy) is 2. The van der Waals surface area contributed by atoms with Crippen molar-refractivity contribution < 1.29 is 14.3 Å². The van der Waals surface area contributed by atoms with Crippen molar-refractivity contribution in [2.75, 3.05) is 32.9 Å². The van der Waals surface area contributed by atoms with Gasteiger partial charge >= 0.3 is 0 Å². The lowest BCUT2D eigenvalue weighted by Crippen LogP contribution is -2.41. The molecule has 0 bridgehead atoms. The predicted octanol–water partition coefficient (Wildman–Crippen LogP) is 1.81. The lowest BCUT2D eigenvalue weighted by atomic mass is 10.1. The second-order valence-electron chi connectivity index (χ2n) is 6.86. The summed E-state index contributed by atoms with van der Waals surface area (Å²) in [7, 11) is 0. The van der Waals surface area contributed by atoms with Crippen molar-refractivity contribution in [3.63, 3.8) is 0 Å². The van der Waals surface area contributed by atoms with Crippen LogP contribution in [0.3, 0.4) is 0 Å². The van der Waals surface area contributed by atoms with E-state index in [9.17, 15) is 9.59 Å². The minimum atomic E-state index is -0.160. The number of nitrogens with zero attached hydrogens (tertiary/aromatic N) is 4. The molecular weight excluding hydrogens is 372 g/mol. The lowest BCUT2D eigenvalue weighted by molar-refractivity contribution is -0.135. The molecule has 0 atom stereocenters. The van der Waals surface area contributed by atoms with Crippen molar-refractivity contribution >= 4 is 11.4 Å². The molecule has 4 rings (SSSR count). The van der Waals surface area contributed by atoms with Crippen LogP contribution in [0.2, 0.25) is 0 Å². The van der Waals surface area contributed by atoms with Crippen molar-refractivity contribution in [3.8, 4) is 17.0 Å². The normalized spacial score (nSPS) is 14.3. The number of hydrogen-bond acceptors (Lipinski definition) is 5. The number of aromatic nitrogens is 3. The largest absolute Gasteiger partial charge is 0.494 e. The van der Waals surface area contributed by atoms with Crippen LogP contribution in [-0.4, -0.2) is 57.9 Å². The van der Waals surface area contributed by atoms with Crippen LogP contribution in [0.4, 0.5) is 0 Å². The molecule has 0 unspecified atom stereocenters. The summed E-state index contributed by atoms with van der Waals surface area (Å²) in [5.41, 5.74) is 1.94. The van der Waals surface area contributed by atoms with E-state index in [0.29, 0.717) is 50.7 Å². The van der Waals surface area contributed by atoms with Crippen LogP contribution in [0.1, 0.15) is 13.3 Å². The first-order valence-corrected chi connectivity index (χ1v) is 9.83. The Morgan fingerprint density at radius 2 is 1.93 bits per heavy atom. The summed E-state index contributed by atoms with van der Waals surface area (Å²) in [6.45, 7) is 5.26. The molecule has 1 aliphatic rings. The Bertz CT molecular complexity index is 1050. The monoisotopic (exact) mass is 396 g/mol. The van der Waals surface area contributed by atoms with E-state index in [-0.39, 0.29) is 17.9 Å². The van der Waals surface area contributed by atoms with Gasteiger partial charge in [0, 0.05) is 44.0 Å². The number of hydrogen-bond donors (Lipinski definition) is 0. The number of carbonyl (C=O) groups is 1. The van der Waals surface area contributed by atoms with Gasteiger partial charge in [-0.3, -0.25) is 9.59 Å². The van der Waals surface area contributed by atoms with Crippen LogP contribution < -0.4 is 10.3 Å². The molecule has 8 nitrogen and oxygen atoms in total. The van der Waals surface area contributed by atoms with E-state index in [1.54, 1.807) is 32.4 Å². The summed E-state index contributed by atoms with van der Waals surface area (Å²) >= 11 is 0. The average molecular weight is 396 g/mol. The van der Waals surface area contributed by atoms with E-state index in [4.69, 9.17) is 9.47 Å². The highest BCUT2D eigenvalue weighted by molar-refractivity contribution is 5.76. The van der Waals surface area contributed by atoms with E-state index in [2.05, 4.69) is 5.10 Å². The molecule has 0 saturated carbocycles. The quantitative estimate of drug-likeness (QED) is 0.635. The number of amides is 1. The van der Waals surface area contributed by atoms with Gasteiger partial charge in [-0.2, -0.15) is 5.10 Å². The van der Waals surface area contributed by atoms with Crippen molar-refractivity contribution in [1.82, 2.24) is 19.1 Å². The third-order valence-corrected chi connectivity index (χ3v) is 4.99. The summed E-state index contributed by atoms with van der Waals surface area (Å²) in [5.74, 6) is 0.843. The molecule has 1 saturated heterocycles. The smallest absolute Gasteiger partial charge is 0.276 e. The fraction of sp³-hybridized carbons (Fsp3) is 0.381. The summed E-state index contributed by atoms with van der Waals surface area (Å²) in [6.07, 6.45) is 3.71. The van der Waals surface area contributed by atoms with Gasteiger partial charge in [-0.15, -0.1) is 0 Å². The molecule has 1 fully saturated rings. The summed E-state index contributed by atoms with van der Waals surface area (Å²) in [5, 5.41) is 4.50. The number of carbonyl (C=O) groups excluding carboxylic acids is 1. The highest BCUT2D eigenvalue weighted by atomic mass is 16.5. The van der Waals surface area contributed by atoms with Crippen molar-refractivity contribution in [3.05, 3.63) is 53.1 Å². The SMILES string of the molecule is CCOc1ccc(-c2cc3c(=O)n(CCC(=O)N4CCOCC4)ccn3n2)cc1. The first-order chi connectivity index (χ1) is 14.2. The Labute approximate surface area is 168 Å². The van der Waals surface area contributed by atoms with E-state index in [1.807, 2.05) is 31.2 Å². The second-order valence-corrected chi connectivity index (χ2v) is 6.86. The average Bonchev–Trinajstić information content (AvgIpc) is 3.20. The van der Waals surface area contributed by atoms with Crippen LogP contribution in [0.15, 0.2) is 47.5 Å². The standard InChI is InChI=1S/C21H24N4O4/c1-2-29-17-5-3-16(4-6-17)18-15-19-21(27)24(9-10-25(19)22-18)8-7-20(26)23-11-13-28-14-12-23/h3-6,9-10,15H,2,7-8,11-14H2,1H3. The minimum Gasteiger partial charge on any atom is -0.494 e. The summed E-state index contributed by atoms with van der Waals surface area (Å²) < 4.78 is 13.9. The van der Waals surface area contributed by atoms with Gasteiger partial charge in [0.2, 0.25) is 5.91 Å². The van der Waals surface area contributed by atoms with Crippen LogP contribution in [0.25, 0.3) is 16.8 Å². The Morgan fingerprint density at radius 1 is 1.17 bits per heavy atom. The second kappa shape index (κ2) is 8.48. The Kier molecular flexibility index (Phi) is 5.62. The molecule has 1 aromatic carbocycles. The Morgan fingerprint density at radius 3 is 2.66 bits per heavy atom. The summed E-state index contributed by atoms with van der Waals surface area (Å²) in [4.78, 5) is 27.0. The zero-order valence-corrected chi connectivity index (χ0v) is 16.4. The zero-order chi connectivity index (χ0) is 20.2. The fourth-order valence-corrected chi connectivity index (χ4v) is 3.42. The van der Waals surface area contributed by atoms with Gasteiger partial charge in [-0.1, -0.05) is 0 Å².